The van der Waals surface area contributed by atoms with Gasteiger partial charge in [0.05, 0.1) is 14.2 Å². The summed E-state index contributed by atoms with van der Waals surface area (Å²) in [6, 6.07) is 12.9. The van der Waals surface area contributed by atoms with Gasteiger partial charge in [0.2, 0.25) is 0 Å². The molecular weight excluding hydrogens is 380 g/mol. The maximum absolute atomic E-state index is 11.7. The maximum Gasteiger partial charge on any atom is 0.341 e. The van der Waals surface area contributed by atoms with Gasteiger partial charge in [-0.1, -0.05) is 51.7 Å². The van der Waals surface area contributed by atoms with E-state index >= 15 is 0 Å². The van der Waals surface area contributed by atoms with E-state index in [9.17, 15) is 4.79 Å². The molecule has 0 bridgehead atoms. The molecule has 0 N–H and O–H groups in total. The Labute approximate surface area is 156 Å². The van der Waals surface area contributed by atoms with Crippen LogP contribution in [0, 0.1) is 23.7 Å². The van der Waals surface area contributed by atoms with Crippen molar-refractivity contribution in [3.8, 4) is 29.4 Å². The second-order valence-electron chi connectivity index (χ2n) is 4.94. The molecule has 0 unspecified atom stereocenters. The average Bonchev–Trinajstić information content (AvgIpc) is 2.66. The number of alkyl halides is 1. The first-order chi connectivity index (χ1) is 12.2. The minimum absolute atomic E-state index is 0.372. The topological polar surface area (TPSA) is 35.5 Å². The predicted octanol–water partition coefficient (Wildman–Crippen LogP) is 4.02. The third-order valence-corrected chi connectivity index (χ3v) is 3.71. The summed E-state index contributed by atoms with van der Waals surface area (Å²) in [5.41, 5.74) is 2.87. The van der Waals surface area contributed by atoms with Gasteiger partial charge in [0.15, 0.2) is 0 Å². The zero-order valence-electron chi connectivity index (χ0n) is 14.1. The number of rotatable bonds is 3. The van der Waals surface area contributed by atoms with Crippen molar-refractivity contribution in [1.82, 2.24) is 0 Å². The van der Waals surface area contributed by atoms with Gasteiger partial charge in [-0.2, -0.15) is 0 Å². The molecule has 0 aromatic heterocycles. The highest BCUT2D eigenvalue weighted by Gasteiger charge is 2.12. The van der Waals surface area contributed by atoms with Crippen LogP contribution in [0.15, 0.2) is 42.5 Å². The molecule has 126 valence electrons. The Morgan fingerprint density at radius 3 is 2.40 bits per heavy atom. The first-order valence-corrected chi connectivity index (χ1v) is 8.74. The molecule has 0 aliphatic carbocycles. The minimum Gasteiger partial charge on any atom is -0.496 e. The van der Waals surface area contributed by atoms with E-state index in [0.717, 1.165) is 28.4 Å². The molecule has 4 heteroatoms. The van der Waals surface area contributed by atoms with Gasteiger partial charge in [-0.15, -0.1) is 0 Å². The van der Waals surface area contributed by atoms with Crippen LogP contribution >= 0.6 is 15.9 Å². The van der Waals surface area contributed by atoms with Crippen molar-refractivity contribution in [2.75, 3.05) is 19.5 Å². The van der Waals surface area contributed by atoms with Gasteiger partial charge >= 0.3 is 5.97 Å². The van der Waals surface area contributed by atoms with Gasteiger partial charge in [0, 0.05) is 28.4 Å². The fourth-order valence-corrected chi connectivity index (χ4v) is 2.29. The highest BCUT2D eigenvalue weighted by atomic mass is 79.9. The van der Waals surface area contributed by atoms with E-state index in [1.807, 2.05) is 24.3 Å². The molecule has 0 amide bonds. The van der Waals surface area contributed by atoms with Crippen LogP contribution in [0.25, 0.3) is 0 Å². The summed E-state index contributed by atoms with van der Waals surface area (Å²) >= 11 is 3.36. The lowest BCUT2D eigenvalue weighted by Gasteiger charge is -2.06. The number of carbonyl (C=O) groups is 1. The van der Waals surface area contributed by atoms with Crippen LogP contribution in [0.2, 0.25) is 0 Å². The lowest BCUT2D eigenvalue weighted by atomic mass is 10.1. The highest BCUT2D eigenvalue weighted by Crippen LogP contribution is 2.20. The lowest BCUT2D eigenvalue weighted by Crippen LogP contribution is -2.04. The minimum atomic E-state index is -0.441. The summed E-state index contributed by atoms with van der Waals surface area (Å²) in [5, 5.41) is 0.847. The van der Waals surface area contributed by atoms with Gasteiger partial charge in [-0.3, -0.25) is 0 Å². The molecule has 0 aliphatic heterocycles. The Morgan fingerprint density at radius 2 is 1.76 bits per heavy atom. The van der Waals surface area contributed by atoms with Crippen molar-refractivity contribution in [3.05, 3.63) is 64.7 Å². The SMILES string of the molecule is COC(=O)c1ccc(C#Cc2ccccc2C#CCCBr)cc1OC. The summed E-state index contributed by atoms with van der Waals surface area (Å²) in [6.45, 7) is 0. The second-order valence-corrected chi connectivity index (χ2v) is 5.74. The van der Waals surface area contributed by atoms with Crippen molar-refractivity contribution < 1.29 is 14.3 Å². The van der Waals surface area contributed by atoms with Crippen LogP contribution in [0.5, 0.6) is 5.75 Å². The zero-order valence-corrected chi connectivity index (χ0v) is 15.6. The average molecular weight is 397 g/mol. The molecule has 0 fully saturated rings. The summed E-state index contributed by atoms with van der Waals surface area (Å²) in [5.74, 6) is 12.5. The van der Waals surface area contributed by atoms with Crippen LogP contribution in [-0.2, 0) is 4.74 Å². The van der Waals surface area contributed by atoms with Crippen LogP contribution in [0.1, 0.15) is 33.5 Å². The number of methoxy groups -OCH3 is 2. The smallest absolute Gasteiger partial charge is 0.341 e. The van der Waals surface area contributed by atoms with E-state index in [1.165, 1.54) is 14.2 Å². The molecule has 2 aromatic carbocycles. The molecule has 2 rings (SSSR count). The predicted molar refractivity (Wildman–Crippen MR) is 102 cm³/mol. The van der Waals surface area contributed by atoms with Crippen LogP contribution < -0.4 is 4.74 Å². The van der Waals surface area contributed by atoms with E-state index in [1.54, 1.807) is 18.2 Å². The monoisotopic (exact) mass is 396 g/mol. The van der Waals surface area contributed by atoms with Gasteiger partial charge in [-0.05, 0) is 30.3 Å². The Bertz CT molecular complexity index is 879. The molecule has 3 nitrogen and oxygen atoms in total. The van der Waals surface area contributed by atoms with E-state index in [2.05, 4.69) is 39.6 Å². The normalized spacial score (nSPS) is 9.24. The molecular formula is C21H17BrO3. The maximum atomic E-state index is 11.7. The Balaban J connectivity index is 2.34. The molecule has 0 heterocycles. The second kappa shape index (κ2) is 9.57. The molecule has 0 spiro atoms. The largest absolute Gasteiger partial charge is 0.496 e. The molecule has 0 saturated heterocycles. The number of hydrogen-bond donors (Lipinski definition) is 0. The van der Waals surface area contributed by atoms with Crippen molar-refractivity contribution in [1.29, 1.82) is 0 Å². The molecule has 0 atom stereocenters. The standard InChI is InChI=1S/C21H17BrO3/c1-24-20-15-16(11-13-19(20)21(23)25-2)10-12-18-8-4-3-7-17(18)9-5-6-14-22/h3-4,7-8,11,13,15H,6,14H2,1-2H3. The first-order valence-electron chi connectivity index (χ1n) is 7.62. The molecule has 0 saturated carbocycles. The van der Waals surface area contributed by atoms with Crippen molar-refractivity contribution >= 4 is 21.9 Å². The van der Waals surface area contributed by atoms with Crippen LogP contribution in [0.3, 0.4) is 0 Å². The molecule has 25 heavy (non-hydrogen) atoms. The third kappa shape index (κ3) is 5.14. The number of halogens is 1. The lowest BCUT2D eigenvalue weighted by molar-refractivity contribution is 0.0597. The summed E-state index contributed by atoms with van der Waals surface area (Å²) in [7, 11) is 2.84. The van der Waals surface area contributed by atoms with Gasteiger partial charge in [0.25, 0.3) is 0 Å². The number of ether oxygens (including phenoxy) is 2. The van der Waals surface area contributed by atoms with E-state index < -0.39 is 5.97 Å². The van der Waals surface area contributed by atoms with Crippen molar-refractivity contribution in [3.63, 3.8) is 0 Å². The third-order valence-electron chi connectivity index (χ3n) is 3.32. The fraction of sp³-hybridized carbons (Fsp3) is 0.190. The number of hydrogen-bond acceptors (Lipinski definition) is 3. The highest BCUT2D eigenvalue weighted by molar-refractivity contribution is 9.09. The molecule has 0 radical (unpaired) electrons. The van der Waals surface area contributed by atoms with Crippen molar-refractivity contribution in [2.45, 2.75) is 6.42 Å². The van der Waals surface area contributed by atoms with Crippen LogP contribution in [-0.4, -0.2) is 25.5 Å². The van der Waals surface area contributed by atoms with Gasteiger partial charge in [-0.25, -0.2) is 4.79 Å². The molecule has 2 aromatic rings. The van der Waals surface area contributed by atoms with Crippen molar-refractivity contribution in [2.24, 2.45) is 0 Å². The van der Waals surface area contributed by atoms with Gasteiger partial charge in [0.1, 0.15) is 11.3 Å². The van der Waals surface area contributed by atoms with E-state index in [-0.39, 0.29) is 0 Å². The van der Waals surface area contributed by atoms with E-state index in [4.69, 9.17) is 9.47 Å². The summed E-state index contributed by atoms with van der Waals surface area (Å²) < 4.78 is 9.99. The Morgan fingerprint density at radius 1 is 1.04 bits per heavy atom. The Kier molecular flexibility index (Phi) is 7.14. The van der Waals surface area contributed by atoms with Crippen LogP contribution in [0.4, 0.5) is 0 Å². The van der Waals surface area contributed by atoms with E-state index in [0.29, 0.717) is 11.3 Å². The molecule has 0 aliphatic rings. The summed E-state index contributed by atoms with van der Waals surface area (Å²) in [6.07, 6.45) is 0.786. The number of esters is 1. The number of benzene rings is 2. The summed E-state index contributed by atoms with van der Waals surface area (Å²) in [4.78, 5) is 11.7. The first kappa shape index (κ1) is 18.6. The fourth-order valence-electron chi connectivity index (χ4n) is 2.09. The Hall–Kier alpha value is -2.69. The quantitative estimate of drug-likeness (QED) is 0.446. The zero-order chi connectivity index (χ0) is 18.1. The number of carbonyl (C=O) groups excluding carboxylic acids is 1. The van der Waals surface area contributed by atoms with Gasteiger partial charge < -0.3 is 9.47 Å².